The molecule has 1 unspecified atom stereocenters. The molecule has 1 atom stereocenters. The maximum absolute atomic E-state index is 3.36. The van der Waals surface area contributed by atoms with Crippen molar-refractivity contribution in [2.24, 2.45) is 5.92 Å². The molecular formula is C15H20Co. The first kappa shape index (κ1) is 15.5. The van der Waals surface area contributed by atoms with Gasteiger partial charge in [-0.15, -0.1) is 13.3 Å². The average molecular weight is 259 g/mol. The van der Waals surface area contributed by atoms with Crippen molar-refractivity contribution in [1.29, 1.82) is 0 Å². The van der Waals surface area contributed by atoms with Gasteiger partial charge in [-0.3, -0.25) is 12.2 Å². The molecule has 0 saturated carbocycles. The minimum atomic E-state index is 0. The maximum atomic E-state index is 3.36. The molecule has 1 heteroatoms. The fraction of sp³-hybridized carbons (Fsp3) is 0.467. The predicted octanol–water partition coefficient (Wildman–Crippen LogP) is 4.42. The molecule has 0 aromatic heterocycles. The molecule has 0 fully saturated rings. The zero-order chi connectivity index (χ0) is 11.4. The normalized spacial score (nSPS) is 22.2. The molecule has 2 aliphatic carbocycles. The van der Waals surface area contributed by atoms with Crippen molar-refractivity contribution >= 4 is 0 Å². The fourth-order valence-corrected chi connectivity index (χ4v) is 1.68. The topological polar surface area (TPSA) is 0 Å². The van der Waals surface area contributed by atoms with Gasteiger partial charge in [0.2, 0.25) is 0 Å². The Morgan fingerprint density at radius 3 is 1.94 bits per heavy atom. The first-order valence-electron chi connectivity index (χ1n) is 5.54. The molecule has 0 aromatic rings. The van der Waals surface area contributed by atoms with E-state index in [1.807, 2.05) is 0 Å². The number of hydrogen-bond acceptors (Lipinski definition) is 0. The molecule has 0 saturated heterocycles. The van der Waals surface area contributed by atoms with E-state index in [1.165, 1.54) is 22.3 Å². The van der Waals surface area contributed by atoms with Gasteiger partial charge in [-0.25, -0.2) is 17.2 Å². The zero-order valence-corrected chi connectivity index (χ0v) is 11.8. The third kappa shape index (κ3) is 4.15. The van der Waals surface area contributed by atoms with Gasteiger partial charge >= 0.3 is 16.8 Å². The maximum Gasteiger partial charge on any atom is 2.00 e. The Bertz CT molecular complexity index is 351. The zero-order valence-electron chi connectivity index (χ0n) is 10.8. The van der Waals surface area contributed by atoms with Crippen molar-refractivity contribution in [2.75, 3.05) is 0 Å². The predicted molar refractivity (Wildman–Crippen MR) is 66.2 cm³/mol. The second kappa shape index (κ2) is 6.92. The minimum Gasteiger partial charge on any atom is -0.270 e. The Morgan fingerprint density at radius 2 is 1.81 bits per heavy atom. The standard InChI is InChI=1S/C9H13.C6H7.Co/c1-6-5-7(2)9(4)8(6)3;1-6-4-2-3-5-6;/h6H,1-4H3;2,4H,3H2,1H3;/q2*-1;+2. The third-order valence-electron chi connectivity index (χ3n) is 3.10. The van der Waals surface area contributed by atoms with E-state index < -0.39 is 0 Å². The van der Waals surface area contributed by atoms with Gasteiger partial charge < -0.3 is 0 Å². The van der Waals surface area contributed by atoms with Gasteiger partial charge in [0.1, 0.15) is 0 Å². The molecule has 89 valence electrons. The van der Waals surface area contributed by atoms with Gasteiger partial charge in [0, 0.05) is 0 Å². The molecule has 0 spiro atoms. The SMILES string of the molecule is CC1=[C-]C(C)C(C)=C1C.CC1=[C-]CC=C1.[Co+2]. The summed E-state index contributed by atoms with van der Waals surface area (Å²) in [6, 6.07) is 0. The molecule has 0 N–H and O–H groups in total. The minimum absolute atomic E-state index is 0. The second-order valence-electron chi connectivity index (χ2n) is 4.27. The van der Waals surface area contributed by atoms with Crippen LogP contribution in [0.1, 0.15) is 41.0 Å². The van der Waals surface area contributed by atoms with E-state index in [0.29, 0.717) is 5.92 Å². The van der Waals surface area contributed by atoms with Crippen molar-refractivity contribution in [3.63, 3.8) is 0 Å². The molecular weight excluding hydrogens is 239 g/mol. The van der Waals surface area contributed by atoms with E-state index in [-0.39, 0.29) is 16.8 Å². The average Bonchev–Trinajstić information content (AvgIpc) is 2.73. The number of rotatable bonds is 0. The van der Waals surface area contributed by atoms with Crippen LogP contribution >= 0.6 is 0 Å². The molecule has 0 bridgehead atoms. The van der Waals surface area contributed by atoms with Crippen LogP contribution in [0.4, 0.5) is 0 Å². The summed E-state index contributed by atoms with van der Waals surface area (Å²) in [5.41, 5.74) is 5.52. The van der Waals surface area contributed by atoms with Crippen molar-refractivity contribution in [2.45, 2.75) is 41.0 Å². The van der Waals surface area contributed by atoms with Crippen molar-refractivity contribution in [3.05, 3.63) is 46.6 Å². The molecule has 1 radical (unpaired) electrons. The monoisotopic (exact) mass is 259 g/mol. The number of allylic oxidation sites excluding steroid dienone is 8. The van der Waals surface area contributed by atoms with E-state index in [0.717, 1.165) is 6.42 Å². The van der Waals surface area contributed by atoms with Gasteiger partial charge in [-0.05, 0) is 0 Å². The Morgan fingerprint density at radius 1 is 1.19 bits per heavy atom. The van der Waals surface area contributed by atoms with Crippen LogP contribution in [0.15, 0.2) is 34.4 Å². The van der Waals surface area contributed by atoms with Gasteiger partial charge in [0.05, 0.1) is 0 Å². The van der Waals surface area contributed by atoms with Crippen LogP contribution in [-0.4, -0.2) is 0 Å². The smallest absolute Gasteiger partial charge is 0.270 e. The van der Waals surface area contributed by atoms with Crippen molar-refractivity contribution in [3.8, 4) is 0 Å². The van der Waals surface area contributed by atoms with E-state index in [9.17, 15) is 0 Å². The van der Waals surface area contributed by atoms with Crippen molar-refractivity contribution in [1.82, 2.24) is 0 Å². The Labute approximate surface area is 110 Å². The fourth-order valence-electron chi connectivity index (χ4n) is 1.68. The molecule has 16 heavy (non-hydrogen) atoms. The van der Waals surface area contributed by atoms with Crippen molar-refractivity contribution < 1.29 is 16.8 Å². The van der Waals surface area contributed by atoms with E-state index in [4.69, 9.17) is 0 Å². The molecule has 0 aliphatic heterocycles. The van der Waals surface area contributed by atoms with Crippen LogP contribution in [0.3, 0.4) is 0 Å². The van der Waals surface area contributed by atoms with E-state index in [1.54, 1.807) is 0 Å². The third-order valence-corrected chi connectivity index (χ3v) is 3.10. The first-order valence-corrected chi connectivity index (χ1v) is 5.54. The van der Waals surface area contributed by atoms with Crippen LogP contribution in [0.25, 0.3) is 0 Å². The van der Waals surface area contributed by atoms with Gasteiger partial charge in [-0.1, -0.05) is 33.6 Å². The second-order valence-corrected chi connectivity index (χ2v) is 4.27. The molecule has 0 heterocycles. The Balaban J connectivity index is 0.000000283. The Hall–Kier alpha value is -0.534. The molecule has 0 amide bonds. The largest absolute Gasteiger partial charge is 2.00 e. The van der Waals surface area contributed by atoms with Gasteiger partial charge in [0.15, 0.2) is 0 Å². The molecule has 2 rings (SSSR count). The van der Waals surface area contributed by atoms with Crippen LogP contribution in [0, 0.1) is 18.1 Å². The van der Waals surface area contributed by atoms with Crippen LogP contribution in [0.5, 0.6) is 0 Å². The molecule has 2 aliphatic rings. The van der Waals surface area contributed by atoms with Gasteiger partial charge in [0.25, 0.3) is 0 Å². The Kier molecular flexibility index (Phi) is 6.69. The summed E-state index contributed by atoms with van der Waals surface area (Å²) in [5, 5.41) is 0. The van der Waals surface area contributed by atoms with Gasteiger partial charge in [-0.2, -0.15) is 17.2 Å². The molecule has 0 nitrogen and oxygen atoms in total. The molecule has 0 aromatic carbocycles. The summed E-state index contributed by atoms with van der Waals surface area (Å²) in [6.07, 6.45) is 11.7. The quantitative estimate of drug-likeness (QED) is 0.565. The first-order chi connectivity index (χ1) is 7.02. The summed E-state index contributed by atoms with van der Waals surface area (Å²) in [7, 11) is 0. The van der Waals surface area contributed by atoms with E-state index in [2.05, 4.69) is 58.9 Å². The summed E-state index contributed by atoms with van der Waals surface area (Å²) in [6.45, 7) is 10.7. The van der Waals surface area contributed by atoms with Crippen LogP contribution in [-0.2, 0) is 16.8 Å². The summed E-state index contributed by atoms with van der Waals surface area (Å²) >= 11 is 0. The van der Waals surface area contributed by atoms with Crippen LogP contribution in [0.2, 0.25) is 0 Å². The number of hydrogen-bond donors (Lipinski definition) is 0. The summed E-state index contributed by atoms with van der Waals surface area (Å²) in [5.74, 6) is 0.560. The summed E-state index contributed by atoms with van der Waals surface area (Å²) in [4.78, 5) is 0. The summed E-state index contributed by atoms with van der Waals surface area (Å²) < 4.78 is 0. The van der Waals surface area contributed by atoms with E-state index >= 15 is 0 Å². The van der Waals surface area contributed by atoms with Crippen LogP contribution < -0.4 is 0 Å².